The van der Waals surface area contributed by atoms with Crippen LogP contribution in [-0.2, 0) is 10.0 Å². The monoisotopic (exact) mass is 320 g/mol. The van der Waals surface area contributed by atoms with Gasteiger partial charge in [0.2, 0.25) is 10.0 Å². The van der Waals surface area contributed by atoms with E-state index < -0.39 is 10.0 Å². The summed E-state index contributed by atoms with van der Waals surface area (Å²) in [6.07, 6.45) is 2.20. The smallest absolute Gasteiger partial charge is 0.211 e. The lowest BCUT2D eigenvalue weighted by atomic mass is 9.89. The fraction of sp³-hybridized carbons (Fsp3) is 0.929. The van der Waals surface area contributed by atoms with Gasteiger partial charge in [-0.25, -0.2) is 13.1 Å². The lowest BCUT2D eigenvalue weighted by molar-refractivity contribution is 0.346. The molecular formula is C14H32N4O2S. The summed E-state index contributed by atoms with van der Waals surface area (Å²) >= 11 is 0. The van der Waals surface area contributed by atoms with Gasteiger partial charge in [0.05, 0.1) is 5.75 Å². The summed E-state index contributed by atoms with van der Waals surface area (Å²) in [5, 5.41) is 6.42. The Hall–Kier alpha value is -0.820. The van der Waals surface area contributed by atoms with E-state index in [-0.39, 0.29) is 5.75 Å². The summed E-state index contributed by atoms with van der Waals surface area (Å²) in [7, 11) is -1.41. The molecule has 0 heterocycles. The number of rotatable bonds is 8. The minimum absolute atomic E-state index is 0.101. The van der Waals surface area contributed by atoms with Gasteiger partial charge in [-0.1, -0.05) is 20.8 Å². The molecule has 0 aromatic heterocycles. The first-order chi connectivity index (χ1) is 9.59. The average molecular weight is 321 g/mol. The zero-order valence-corrected chi connectivity index (χ0v) is 15.1. The molecule has 0 spiro atoms. The quantitative estimate of drug-likeness (QED) is 0.358. The van der Waals surface area contributed by atoms with Gasteiger partial charge in [0.15, 0.2) is 5.96 Å². The van der Waals surface area contributed by atoms with E-state index in [4.69, 9.17) is 0 Å². The molecule has 0 saturated heterocycles. The van der Waals surface area contributed by atoms with Crippen LogP contribution in [0.1, 0.15) is 47.5 Å². The van der Waals surface area contributed by atoms with Gasteiger partial charge in [0.1, 0.15) is 0 Å². The molecule has 0 aliphatic rings. The van der Waals surface area contributed by atoms with Crippen LogP contribution in [0.25, 0.3) is 0 Å². The van der Waals surface area contributed by atoms with Gasteiger partial charge >= 0.3 is 0 Å². The second kappa shape index (κ2) is 9.25. The fourth-order valence-corrected chi connectivity index (χ4v) is 2.26. The SMILES string of the molecule is CCS(=O)(=O)NCCNC(=NC)NC(C)CCC(C)(C)C. The standard InChI is InChI=1S/C14H32N4O2S/c1-7-21(19,20)17-11-10-16-13(15-6)18-12(2)8-9-14(3,4)5/h12,17H,7-11H2,1-6H3,(H2,15,16,18). The van der Waals surface area contributed by atoms with Crippen molar-refractivity contribution in [1.82, 2.24) is 15.4 Å². The van der Waals surface area contributed by atoms with Crippen LogP contribution in [0.4, 0.5) is 0 Å². The van der Waals surface area contributed by atoms with Crippen LogP contribution in [0.15, 0.2) is 4.99 Å². The van der Waals surface area contributed by atoms with Gasteiger partial charge in [-0.3, -0.25) is 4.99 Å². The Bertz CT molecular complexity index is 413. The molecule has 0 bridgehead atoms. The summed E-state index contributed by atoms with van der Waals surface area (Å²) in [4.78, 5) is 4.14. The minimum Gasteiger partial charge on any atom is -0.355 e. The molecule has 0 fully saturated rings. The van der Waals surface area contributed by atoms with E-state index in [9.17, 15) is 8.42 Å². The zero-order valence-electron chi connectivity index (χ0n) is 14.3. The molecule has 1 atom stereocenters. The van der Waals surface area contributed by atoms with Crippen LogP contribution in [0, 0.1) is 5.41 Å². The molecule has 1 unspecified atom stereocenters. The number of hydrogen-bond acceptors (Lipinski definition) is 3. The predicted octanol–water partition coefficient (Wildman–Crippen LogP) is 1.31. The lowest BCUT2D eigenvalue weighted by Gasteiger charge is -2.23. The maximum atomic E-state index is 11.3. The van der Waals surface area contributed by atoms with Crippen LogP contribution in [-0.4, -0.2) is 46.3 Å². The molecule has 0 aromatic carbocycles. The maximum Gasteiger partial charge on any atom is 0.211 e. The molecule has 0 aromatic rings. The molecular weight excluding hydrogens is 288 g/mol. The van der Waals surface area contributed by atoms with E-state index in [0.29, 0.717) is 30.5 Å². The molecule has 0 saturated carbocycles. The third-order valence-corrected chi connectivity index (χ3v) is 4.46. The van der Waals surface area contributed by atoms with E-state index >= 15 is 0 Å². The Morgan fingerprint density at radius 2 is 1.86 bits per heavy atom. The van der Waals surface area contributed by atoms with Gasteiger partial charge in [0.25, 0.3) is 0 Å². The van der Waals surface area contributed by atoms with Crippen molar-refractivity contribution in [3.8, 4) is 0 Å². The third-order valence-electron chi connectivity index (χ3n) is 3.05. The number of aliphatic imine (C=N–C) groups is 1. The summed E-state index contributed by atoms with van der Waals surface area (Å²) in [5.74, 6) is 0.802. The molecule has 7 heteroatoms. The van der Waals surface area contributed by atoms with Crippen molar-refractivity contribution in [2.75, 3.05) is 25.9 Å². The van der Waals surface area contributed by atoms with Crippen LogP contribution >= 0.6 is 0 Å². The van der Waals surface area contributed by atoms with Gasteiger partial charge in [-0.05, 0) is 32.1 Å². The van der Waals surface area contributed by atoms with E-state index in [0.717, 1.165) is 12.8 Å². The zero-order chi connectivity index (χ0) is 16.5. The van der Waals surface area contributed by atoms with Gasteiger partial charge < -0.3 is 10.6 Å². The van der Waals surface area contributed by atoms with Crippen molar-refractivity contribution in [3.63, 3.8) is 0 Å². The molecule has 0 aliphatic carbocycles. The number of nitrogens with one attached hydrogen (secondary N) is 3. The number of nitrogens with zero attached hydrogens (tertiary/aromatic N) is 1. The Morgan fingerprint density at radius 1 is 1.24 bits per heavy atom. The molecule has 21 heavy (non-hydrogen) atoms. The number of hydrogen-bond donors (Lipinski definition) is 3. The highest BCUT2D eigenvalue weighted by Crippen LogP contribution is 2.21. The van der Waals surface area contributed by atoms with Crippen LogP contribution in [0.5, 0.6) is 0 Å². The van der Waals surface area contributed by atoms with Crippen molar-refractivity contribution in [3.05, 3.63) is 0 Å². The molecule has 126 valence electrons. The molecule has 0 radical (unpaired) electrons. The Balaban J connectivity index is 4.02. The molecule has 0 aliphatic heterocycles. The van der Waals surface area contributed by atoms with Crippen molar-refractivity contribution < 1.29 is 8.42 Å². The third kappa shape index (κ3) is 11.5. The van der Waals surface area contributed by atoms with Crippen LogP contribution in [0.3, 0.4) is 0 Å². The van der Waals surface area contributed by atoms with E-state index in [2.05, 4.69) is 48.0 Å². The van der Waals surface area contributed by atoms with Gasteiger partial charge in [0, 0.05) is 26.2 Å². The van der Waals surface area contributed by atoms with E-state index in [1.807, 2.05) is 0 Å². The van der Waals surface area contributed by atoms with Crippen LogP contribution < -0.4 is 15.4 Å². The second-order valence-electron chi connectivity index (χ2n) is 6.44. The highest BCUT2D eigenvalue weighted by Gasteiger charge is 2.13. The minimum atomic E-state index is -3.12. The Kier molecular flexibility index (Phi) is 8.89. The normalized spacial score (nSPS) is 14.9. The summed E-state index contributed by atoms with van der Waals surface area (Å²) < 4.78 is 25.1. The Morgan fingerprint density at radius 3 is 2.33 bits per heavy atom. The average Bonchev–Trinajstić information content (AvgIpc) is 2.39. The lowest BCUT2D eigenvalue weighted by Crippen LogP contribution is -2.45. The highest BCUT2D eigenvalue weighted by molar-refractivity contribution is 7.89. The topological polar surface area (TPSA) is 82.6 Å². The first kappa shape index (κ1) is 20.2. The largest absolute Gasteiger partial charge is 0.355 e. The fourth-order valence-electron chi connectivity index (χ4n) is 1.64. The maximum absolute atomic E-state index is 11.3. The predicted molar refractivity (Wildman–Crippen MR) is 90.1 cm³/mol. The van der Waals surface area contributed by atoms with Crippen molar-refractivity contribution in [2.45, 2.75) is 53.5 Å². The van der Waals surface area contributed by atoms with Gasteiger partial charge in [-0.2, -0.15) is 0 Å². The molecule has 0 rings (SSSR count). The number of guanidine groups is 1. The van der Waals surface area contributed by atoms with Gasteiger partial charge in [-0.15, -0.1) is 0 Å². The first-order valence-electron chi connectivity index (χ1n) is 7.54. The number of sulfonamides is 1. The van der Waals surface area contributed by atoms with Crippen molar-refractivity contribution in [1.29, 1.82) is 0 Å². The second-order valence-corrected chi connectivity index (χ2v) is 8.54. The first-order valence-corrected chi connectivity index (χ1v) is 9.19. The summed E-state index contributed by atoms with van der Waals surface area (Å²) in [6.45, 7) is 11.3. The Labute approximate surface area is 130 Å². The summed E-state index contributed by atoms with van der Waals surface area (Å²) in [5.41, 5.74) is 0.325. The van der Waals surface area contributed by atoms with Crippen LogP contribution in [0.2, 0.25) is 0 Å². The highest BCUT2D eigenvalue weighted by atomic mass is 32.2. The molecule has 0 amide bonds. The molecule has 6 nitrogen and oxygen atoms in total. The van der Waals surface area contributed by atoms with Crippen molar-refractivity contribution in [2.24, 2.45) is 10.4 Å². The molecule has 3 N–H and O–H groups in total. The van der Waals surface area contributed by atoms with E-state index in [1.165, 1.54) is 0 Å². The van der Waals surface area contributed by atoms with E-state index in [1.54, 1.807) is 14.0 Å². The summed E-state index contributed by atoms with van der Waals surface area (Å²) in [6, 6.07) is 0.322. The van der Waals surface area contributed by atoms with Crippen molar-refractivity contribution >= 4 is 16.0 Å².